The first-order valence-electron chi connectivity index (χ1n) is 5.39. The van der Waals surface area contributed by atoms with Crippen molar-refractivity contribution in [2.75, 3.05) is 0 Å². The Kier molecular flexibility index (Phi) is 4.63. The average molecular weight is 269 g/mol. The van der Waals surface area contributed by atoms with Gasteiger partial charge in [-0.05, 0) is 18.1 Å². The fraction of sp³-hybridized carbons (Fsp3) is 0.250. The summed E-state index contributed by atoms with van der Waals surface area (Å²) in [4.78, 5) is 11.0. The van der Waals surface area contributed by atoms with Gasteiger partial charge in [-0.2, -0.15) is 0 Å². The standard InChI is InChI=1S/C12H15NO4S/c1-3-6-9-7-5-8-10(17-11(14)4-2)12(9)18(13,15)16/h4-5,7-8H,2-3,6H2,1H3,(H2,13,15,16). The third kappa shape index (κ3) is 3.41. The van der Waals surface area contributed by atoms with Crippen LogP contribution >= 0.6 is 0 Å². The fourth-order valence-corrected chi connectivity index (χ4v) is 2.51. The summed E-state index contributed by atoms with van der Waals surface area (Å²) in [6.07, 6.45) is 2.24. The molecule has 0 spiro atoms. The van der Waals surface area contributed by atoms with E-state index in [4.69, 9.17) is 9.88 Å². The predicted octanol–water partition coefficient (Wildman–Crippen LogP) is 1.38. The van der Waals surface area contributed by atoms with Crippen LogP contribution in [0.1, 0.15) is 18.9 Å². The number of carbonyl (C=O) groups is 1. The van der Waals surface area contributed by atoms with Gasteiger partial charge in [-0.15, -0.1) is 0 Å². The summed E-state index contributed by atoms with van der Waals surface area (Å²) in [5, 5.41) is 5.16. The lowest BCUT2D eigenvalue weighted by Crippen LogP contribution is -2.17. The first-order valence-corrected chi connectivity index (χ1v) is 6.93. The molecule has 0 fully saturated rings. The van der Waals surface area contributed by atoms with Gasteiger partial charge in [0.2, 0.25) is 10.0 Å². The highest BCUT2D eigenvalue weighted by molar-refractivity contribution is 7.89. The monoisotopic (exact) mass is 269 g/mol. The van der Waals surface area contributed by atoms with E-state index in [0.29, 0.717) is 12.0 Å². The van der Waals surface area contributed by atoms with E-state index in [1.54, 1.807) is 12.1 Å². The van der Waals surface area contributed by atoms with Gasteiger partial charge in [-0.25, -0.2) is 18.4 Å². The van der Waals surface area contributed by atoms with Gasteiger partial charge in [-0.1, -0.05) is 32.1 Å². The summed E-state index contributed by atoms with van der Waals surface area (Å²) in [5.41, 5.74) is 0.536. The molecule has 0 saturated heterocycles. The molecule has 0 aliphatic carbocycles. The molecule has 0 bridgehead atoms. The quantitative estimate of drug-likeness (QED) is 0.497. The van der Waals surface area contributed by atoms with E-state index in [0.717, 1.165) is 12.5 Å². The number of carbonyl (C=O) groups excluding carboxylic acids is 1. The maximum Gasteiger partial charge on any atom is 0.335 e. The second kappa shape index (κ2) is 5.79. The average Bonchev–Trinajstić information content (AvgIpc) is 2.28. The van der Waals surface area contributed by atoms with Crippen LogP contribution in [0.3, 0.4) is 0 Å². The SMILES string of the molecule is C=CC(=O)Oc1cccc(CCC)c1S(N)(=O)=O. The number of aryl methyl sites for hydroxylation is 1. The molecule has 98 valence electrons. The molecule has 0 heterocycles. The van der Waals surface area contributed by atoms with Crippen molar-refractivity contribution in [1.29, 1.82) is 0 Å². The van der Waals surface area contributed by atoms with Crippen molar-refractivity contribution in [3.8, 4) is 5.75 Å². The summed E-state index contributed by atoms with van der Waals surface area (Å²) in [6, 6.07) is 4.65. The number of sulfonamides is 1. The summed E-state index contributed by atoms with van der Waals surface area (Å²) < 4.78 is 28.1. The van der Waals surface area contributed by atoms with Crippen LogP contribution in [0.4, 0.5) is 0 Å². The Labute approximate surface area is 106 Å². The molecular formula is C12H15NO4S. The van der Waals surface area contributed by atoms with Gasteiger partial charge in [0, 0.05) is 6.08 Å². The van der Waals surface area contributed by atoms with Crippen molar-refractivity contribution < 1.29 is 17.9 Å². The van der Waals surface area contributed by atoms with Crippen molar-refractivity contribution in [3.05, 3.63) is 36.4 Å². The summed E-state index contributed by atoms with van der Waals surface area (Å²) in [6.45, 7) is 5.16. The number of nitrogens with two attached hydrogens (primary N) is 1. The van der Waals surface area contributed by atoms with Gasteiger partial charge in [0.25, 0.3) is 0 Å². The number of hydrogen-bond acceptors (Lipinski definition) is 4. The van der Waals surface area contributed by atoms with Crippen LogP contribution in [-0.4, -0.2) is 14.4 Å². The fourth-order valence-electron chi connectivity index (χ4n) is 1.58. The Morgan fingerprint density at radius 3 is 2.67 bits per heavy atom. The minimum absolute atomic E-state index is 0.0617. The Morgan fingerprint density at radius 1 is 1.50 bits per heavy atom. The predicted molar refractivity (Wildman–Crippen MR) is 67.6 cm³/mol. The minimum atomic E-state index is -3.95. The van der Waals surface area contributed by atoms with E-state index in [9.17, 15) is 13.2 Å². The maximum atomic E-state index is 11.6. The van der Waals surface area contributed by atoms with E-state index in [-0.39, 0.29) is 10.6 Å². The largest absolute Gasteiger partial charge is 0.422 e. The Hall–Kier alpha value is -1.66. The van der Waals surface area contributed by atoms with E-state index in [1.807, 2.05) is 6.92 Å². The van der Waals surface area contributed by atoms with Crippen molar-refractivity contribution in [2.24, 2.45) is 5.14 Å². The van der Waals surface area contributed by atoms with E-state index < -0.39 is 16.0 Å². The smallest absolute Gasteiger partial charge is 0.335 e. The number of esters is 1. The third-order valence-electron chi connectivity index (χ3n) is 2.24. The number of ether oxygens (including phenoxy) is 1. The molecule has 0 atom stereocenters. The molecule has 1 rings (SSSR count). The van der Waals surface area contributed by atoms with E-state index in [2.05, 4.69) is 6.58 Å². The first-order chi connectivity index (χ1) is 8.40. The van der Waals surface area contributed by atoms with E-state index >= 15 is 0 Å². The second-order valence-corrected chi connectivity index (χ2v) is 5.16. The normalized spacial score (nSPS) is 11.0. The lowest BCUT2D eigenvalue weighted by Gasteiger charge is -2.11. The van der Waals surface area contributed by atoms with Crippen LogP contribution in [-0.2, 0) is 21.2 Å². The molecule has 2 N–H and O–H groups in total. The van der Waals surface area contributed by atoms with Crippen LogP contribution in [0.5, 0.6) is 5.75 Å². The Morgan fingerprint density at radius 2 is 2.17 bits per heavy atom. The molecular weight excluding hydrogens is 254 g/mol. The molecule has 0 amide bonds. The molecule has 0 aromatic heterocycles. The van der Waals surface area contributed by atoms with Gasteiger partial charge in [-0.3, -0.25) is 0 Å². The van der Waals surface area contributed by atoms with Crippen LogP contribution in [0, 0.1) is 0 Å². The molecule has 0 saturated carbocycles. The summed E-state index contributed by atoms with van der Waals surface area (Å²) in [5.74, 6) is -0.790. The van der Waals surface area contributed by atoms with Crippen LogP contribution < -0.4 is 9.88 Å². The van der Waals surface area contributed by atoms with Gasteiger partial charge in [0.1, 0.15) is 4.90 Å². The molecule has 6 heteroatoms. The molecule has 0 radical (unpaired) electrons. The van der Waals surface area contributed by atoms with Crippen LogP contribution in [0.15, 0.2) is 35.7 Å². The van der Waals surface area contributed by atoms with Gasteiger partial charge in [0.05, 0.1) is 0 Å². The molecule has 5 nitrogen and oxygen atoms in total. The summed E-state index contributed by atoms with van der Waals surface area (Å²) in [7, 11) is -3.95. The third-order valence-corrected chi connectivity index (χ3v) is 3.27. The topological polar surface area (TPSA) is 86.5 Å². The van der Waals surface area contributed by atoms with Gasteiger partial charge < -0.3 is 4.74 Å². The molecule has 0 aliphatic rings. The maximum absolute atomic E-state index is 11.6. The highest BCUT2D eigenvalue weighted by Gasteiger charge is 2.20. The van der Waals surface area contributed by atoms with Gasteiger partial charge in [0.15, 0.2) is 5.75 Å². The minimum Gasteiger partial charge on any atom is -0.422 e. The molecule has 0 aliphatic heterocycles. The molecule has 1 aromatic rings. The molecule has 0 unspecified atom stereocenters. The van der Waals surface area contributed by atoms with Crippen molar-refractivity contribution in [3.63, 3.8) is 0 Å². The lowest BCUT2D eigenvalue weighted by atomic mass is 10.1. The van der Waals surface area contributed by atoms with Crippen LogP contribution in [0.25, 0.3) is 0 Å². The number of primary sulfonamides is 1. The zero-order valence-electron chi connectivity index (χ0n) is 10.0. The summed E-state index contributed by atoms with van der Waals surface area (Å²) >= 11 is 0. The first kappa shape index (κ1) is 14.4. The lowest BCUT2D eigenvalue weighted by molar-refractivity contribution is -0.129. The zero-order valence-corrected chi connectivity index (χ0v) is 10.9. The van der Waals surface area contributed by atoms with Crippen molar-refractivity contribution in [1.82, 2.24) is 0 Å². The van der Waals surface area contributed by atoms with E-state index in [1.165, 1.54) is 6.07 Å². The Balaban J connectivity index is 3.37. The number of rotatable bonds is 5. The second-order valence-electron chi connectivity index (χ2n) is 3.66. The highest BCUT2D eigenvalue weighted by atomic mass is 32.2. The van der Waals surface area contributed by atoms with Gasteiger partial charge >= 0.3 is 5.97 Å². The molecule has 1 aromatic carbocycles. The highest BCUT2D eigenvalue weighted by Crippen LogP contribution is 2.27. The molecule has 18 heavy (non-hydrogen) atoms. The van der Waals surface area contributed by atoms with Crippen LogP contribution in [0.2, 0.25) is 0 Å². The number of benzene rings is 1. The zero-order chi connectivity index (χ0) is 13.8. The Bertz CT molecular complexity index is 563. The van der Waals surface area contributed by atoms with Crippen molar-refractivity contribution >= 4 is 16.0 Å². The van der Waals surface area contributed by atoms with Crippen molar-refractivity contribution in [2.45, 2.75) is 24.7 Å². The number of hydrogen-bond donors (Lipinski definition) is 1.